The minimum Gasteiger partial charge on any atom is -0.379 e. The summed E-state index contributed by atoms with van der Waals surface area (Å²) in [4.78, 5) is 45.2. The van der Waals surface area contributed by atoms with Gasteiger partial charge in [-0.3, -0.25) is 29.8 Å². The number of ether oxygens (including phenoxy) is 14. The van der Waals surface area contributed by atoms with Crippen LogP contribution < -0.4 is 0 Å². The SMILES string of the molecule is CC(C)CCOCCOCCOCCOCCOCCOCCOCCCC(=O)CCCC(=O)CCCOCCOCCOCCOCCOCCOCCOCCCc1ccc([N+](=O)[O-])cc1[N+](=O)[O-]. The van der Waals surface area contributed by atoms with Crippen LogP contribution in [0.5, 0.6) is 0 Å². The Morgan fingerprint density at radius 2 is 0.676 bits per heavy atom. The van der Waals surface area contributed by atoms with Crippen molar-refractivity contribution in [2.45, 2.75) is 78.1 Å². The number of benzene rings is 1. The summed E-state index contributed by atoms with van der Waals surface area (Å²) in [6, 6.07) is 3.65. The molecule has 71 heavy (non-hydrogen) atoms. The number of aryl methyl sites for hydroxylation is 1. The number of ketones is 2. The molecule has 0 spiro atoms. The van der Waals surface area contributed by atoms with E-state index in [-0.39, 0.29) is 22.9 Å². The van der Waals surface area contributed by atoms with Crippen LogP contribution in [-0.2, 0) is 82.3 Å². The largest absolute Gasteiger partial charge is 0.379 e. The van der Waals surface area contributed by atoms with Gasteiger partial charge in [-0.1, -0.05) is 13.8 Å². The lowest BCUT2D eigenvalue weighted by Gasteiger charge is -2.09. The van der Waals surface area contributed by atoms with E-state index in [1.807, 2.05) is 0 Å². The van der Waals surface area contributed by atoms with Crippen LogP contribution >= 0.6 is 0 Å². The monoisotopic (exact) mass is 1020 g/mol. The Morgan fingerprint density at radius 1 is 0.394 bits per heavy atom. The number of carbonyl (C=O) groups is 2. The molecule has 0 aliphatic heterocycles. The molecule has 22 nitrogen and oxygen atoms in total. The molecule has 0 fully saturated rings. The summed E-state index contributed by atoms with van der Waals surface area (Å²) in [6.07, 6.45) is 5.47. The van der Waals surface area contributed by atoms with Crippen LogP contribution in [0, 0.1) is 26.1 Å². The van der Waals surface area contributed by atoms with Crippen molar-refractivity contribution in [1.82, 2.24) is 0 Å². The molecular weight excluding hydrogens is 937 g/mol. The van der Waals surface area contributed by atoms with Crippen molar-refractivity contribution in [3.8, 4) is 0 Å². The van der Waals surface area contributed by atoms with Crippen LogP contribution in [0.3, 0.4) is 0 Å². The predicted octanol–water partition coefficient (Wildman–Crippen LogP) is 5.58. The fourth-order valence-corrected chi connectivity index (χ4v) is 6.05. The minimum absolute atomic E-state index is 0.139. The molecule has 0 atom stereocenters. The highest BCUT2D eigenvalue weighted by atomic mass is 16.6. The number of nitrogens with zero attached hydrogens (tertiary/aromatic N) is 2. The Labute approximate surface area is 420 Å². The summed E-state index contributed by atoms with van der Waals surface area (Å²) < 4.78 is 76.9. The lowest BCUT2D eigenvalue weighted by Crippen LogP contribution is -2.14. The number of nitro benzene ring substituents is 2. The maximum Gasteiger partial charge on any atom is 0.279 e. The average Bonchev–Trinajstić information content (AvgIpc) is 3.35. The quantitative estimate of drug-likeness (QED) is 0.0438. The molecule has 0 heterocycles. The molecule has 0 amide bonds. The van der Waals surface area contributed by atoms with E-state index in [1.54, 1.807) is 0 Å². The third kappa shape index (κ3) is 45.2. The van der Waals surface area contributed by atoms with Gasteiger partial charge in [0.15, 0.2) is 0 Å². The highest BCUT2D eigenvalue weighted by Crippen LogP contribution is 2.25. The van der Waals surface area contributed by atoms with Crippen molar-refractivity contribution in [3.05, 3.63) is 44.0 Å². The molecule has 22 heteroatoms. The topological polar surface area (TPSA) is 250 Å². The van der Waals surface area contributed by atoms with Crippen molar-refractivity contribution in [2.24, 2.45) is 5.92 Å². The molecule has 1 aromatic carbocycles. The third-order valence-electron chi connectivity index (χ3n) is 9.91. The molecule has 0 aromatic heterocycles. The van der Waals surface area contributed by atoms with E-state index in [1.165, 1.54) is 12.1 Å². The van der Waals surface area contributed by atoms with E-state index < -0.39 is 9.85 Å². The van der Waals surface area contributed by atoms with Crippen LogP contribution in [0.25, 0.3) is 0 Å². The van der Waals surface area contributed by atoms with Crippen LogP contribution in [0.4, 0.5) is 11.4 Å². The second kappa shape index (κ2) is 50.3. The minimum atomic E-state index is -0.658. The molecule has 0 saturated heterocycles. The number of hydrogen-bond acceptors (Lipinski definition) is 20. The highest BCUT2D eigenvalue weighted by molar-refractivity contribution is 5.81. The smallest absolute Gasteiger partial charge is 0.279 e. The highest BCUT2D eigenvalue weighted by Gasteiger charge is 2.19. The zero-order valence-corrected chi connectivity index (χ0v) is 42.7. The maximum absolute atomic E-state index is 12.2. The number of non-ortho nitro benzene ring substituents is 1. The molecule has 412 valence electrons. The first-order chi connectivity index (χ1) is 34.7. The number of nitro groups is 2. The maximum atomic E-state index is 12.2. The Hall–Kier alpha value is -3.20. The first kappa shape index (κ1) is 65.8. The van der Waals surface area contributed by atoms with Crippen molar-refractivity contribution in [1.29, 1.82) is 0 Å². The van der Waals surface area contributed by atoms with Gasteiger partial charge in [-0.25, -0.2) is 0 Å². The summed E-state index contributed by atoms with van der Waals surface area (Å²) in [5.41, 5.74) is -0.150. The van der Waals surface area contributed by atoms with Crippen LogP contribution in [0.1, 0.15) is 77.2 Å². The molecule has 0 radical (unpaired) electrons. The van der Waals surface area contributed by atoms with Gasteiger partial charge in [0.05, 0.1) is 174 Å². The van der Waals surface area contributed by atoms with Gasteiger partial charge >= 0.3 is 0 Å². The zero-order valence-electron chi connectivity index (χ0n) is 42.7. The molecular formula is C49H86N2O20. The Morgan fingerprint density at radius 3 is 0.972 bits per heavy atom. The molecule has 0 aliphatic carbocycles. The van der Waals surface area contributed by atoms with E-state index in [4.69, 9.17) is 66.3 Å². The Balaban J connectivity index is 1.72. The predicted molar refractivity (Wildman–Crippen MR) is 261 cm³/mol. The molecule has 0 N–H and O–H groups in total. The molecule has 0 unspecified atom stereocenters. The normalized spacial score (nSPS) is 11.5. The van der Waals surface area contributed by atoms with E-state index in [0.717, 1.165) is 19.1 Å². The van der Waals surface area contributed by atoms with E-state index in [0.29, 0.717) is 248 Å². The van der Waals surface area contributed by atoms with Crippen LogP contribution in [-0.4, -0.2) is 206 Å². The van der Waals surface area contributed by atoms with E-state index >= 15 is 0 Å². The van der Waals surface area contributed by atoms with Gasteiger partial charge in [0.2, 0.25) is 0 Å². The van der Waals surface area contributed by atoms with Crippen LogP contribution in [0.2, 0.25) is 0 Å². The van der Waals surface area contributed by atoms with E-state index in [9.17, 15) is 29.8 Å². The second-order valence-electron chi connectivity index (χ2n) is 16.3. The summed E-state index contributed by atoms with van der Waals surface area (Å²) in [6.45, 7) is 17.6. The number of hydrogen-bond donors (Lipinski definition) is 0. The van der Waals surface area contributed by atoms with Gasteiger partial charge in [0.25, 0.3) is 11.4 Å². The molecule has 0 aliphatic rings. The number of rotatable bonds is 57. The lowest BCUT2D eigenvalue weighted by atomic mass is 10.1. The van der Waals surface area contributed by atoms with Gasteiger partial charge in [0.1, 0.15) is 11.6 Å². The average molecular weight is 1020 g/mol. The second-order valence-corrected chi connectivity index (χ2v) is 16.3. The van der Waals surface area contributed by atoms with Gasteiger partial charge in [-0.15, -0.1) is 0 Å². The Kier molecular flexibility index (Phi) is 46.7. The number of carbonyl (C=O) groups excluding carboxylic acids is 2. The van der Waals surface area contributed by atoms with Crippen molar-refractivity contribution in [3.63, 3.8) is 0 Å². The fraction of sp³-hybridized carbons (Fsp3) is 0.837. The molecule has 1 rings (SSSR count). The summed E-state index contributed by atoms with van der Waals surface area (Å²) in [7, 11) is 0. The van der Waals surface area contributed by atoms with Gasteiger partial charge in [-0.05, 0) is 50.5 Å². The summed E-state index contributed by atoms with van der Waals surface area (Å²) in [5, 5.41) is 22.1. The Bertz CT molecular complexity index is 1430. The molecule has 0 saturated carbocycles. The summed E-state index contributed by atoms with van der Waals surface area (Å²) >= 11 is 0. The number of Topliss-reactive ketones (excluding diaryl/α,β-unsaturated/α-hetero) is 2. The van der Waals surface area contributed by atoms with Gasteiger partial charge in [0, 0.05) is 63.7 Å². The molecule has 1 aromatic rings. The first-order valence-corrected chi connectivity index (χ1v) is 25.2. The summed E-state index contributed by atoms with van der Waals surface area (Å²) in [5.74, 6) is 0.934. The lowest BCUT2D eigenvalue weighted by molar-refractivity contribution is -0.394. The van der Waals surface area contributed by atoms with Gasteiger partial charge < -0.3 is 66.3 Å². The zero-order chi connectivity index (χ0) is 51.5. The first-order valence-electron chi connectivity index (χ1n) is 25.2. The third-order valence-corrected chi connectivity index (χ3v) is 9.91. The molecule has 0 bridgehead atoms. The van der Waals surface area contributed by atoms with Crippen molar-refractivity contribution >= 4 is 22.9 Å². The van der Waals surface area contributed by atoms with Crippen molar-refractivity contribution in [2.75, 3.05) is 185 Å². The van der Waals surface area contributed by atoms with Crippen molar-refractivity contribution < 1.29 is 85.8 Å². The van der Waals surface area contributed by atoms with E-state index in [2.05, 4.69) is 13.8 Å². The standard InChI is InChI=1S/C49H86N2O20/c1-44(2)14-18-61-22-26-65-30-34-69-38-42-71-41-37-68-33-29-64-25-21-60-17-6-11-48(53)9-3-8-47(52)10-5-16-59-20-24-63-28-32-67-36-40-70-39-35-66-31-27-62-23-19-58-15-4-7-45-12-13-46(50(54)55)43-49(45)51(56)57/h12-13,43-44H,3-11,14-42H2,1-2H3. The fourth-order valence-electron chi connectivity index (χ4n) is 6.05. The van der Waals surface area contributed by atoms with Gasteiger partial charge in [-0.2, -0.15) is 0 Å². The van der Waals surface area contributed by atoms with Crippen LogP contribution in [0.15, 0.2) is 18.2 Å².